The summed E-state index contributed by atoms with van der Waals surface area (Å²) in [6.45, 7) is 3.98. The number of hydrogen-bond donors (Lipinski definition) is 2. The van der Waals surface area contributed by atoms with Gasteiger partial charge in [0.15, 0.2) is 6.61 Å². The van der Waals surface area contributed by atoms with E-state index in [0.717, 1.165) is 12.1 Å². The number of ether oxygens (including phenoxy) is 2. The lowest BCUT2D eigenvalue weighted by atomic mass is 10.1. The average Bonchev–Trinajstić information content (AvgIpc) is 2.98. The maximum atomic E-state index is 12.9. The molecular weight excluding hydrogens is 383 g/mol. The number of benzene rings is 1. The third-order valence-electron chi connectivity index (χ3n) is 4.00. The Morgan fingerprint density at radius 1 is 1.00 bits per heavy atom. The van der Waals surface area contributed by atoms with E-state index in [-0.39, 0.29) is 23.3 Å². The predicted molar refractivity (Wildman–Crippen MR) is 100 cm³/mol. The zero-order valence-electron chi connectivity index (χ0n) is 16.3. The molecule has 1 amide bonds. The van der Waals surface area contributed by atoms with Crippen LogP contribution in [0.25, 0.3) is 0 Å². The van der Waals surface area contributed by atoms with Crippen molar-refractivity contribution in [1.29, 1.82) is 0 Å². The molecule has 0 radical (unpaired) electrons. The highest BCUT2D eigenvalue weighted by atomic mass is 19.1. The Bertz CT molecular complexity index is 933. The van der Waals surface area contributed by atoms with Crippen molar-refractivity contribution in [3.63, 3.8) is 0 Å². The molecule has 154 valence electrons. The highest BCUT2D eigenvalue weighted by Gasteiger charge is 2.26. The number of amides is 1. The van der Waals surface area contributed by atoms with E-state index in [9.17, 15) is 23.6 Å². The highest BCUT2D eigenvalue weighted by Crippen LogP contribution is 2.20. The van der Waals surface area contributed by atoms with Gasteiger partial charge in [-0.05, 0) is 45.0 Å². The third kappa shape index (κ3) is 5.50. The smallest absolute Gasteiger partial charge is 0.340 e. The van der Waals surface area contributed by atoms with E-state index in [1.807, 2.05) is 0 Å². The molecule has 0 atom stereocenters. The molecule has 0 saturated carbocycles. The van der Waals surface area contributed by atoms with E-state index >= 15 is 0 Å². The van der Waals surface area contributed by atoms with E-state index in [1.54, 1.807) is 20.8 Å². The number of ketones is 1. The van der Waals surface area contributed by atoms with Crippen molar-refractivity contribution in [2.45, 2.75) is 20.8 Å². The number of rotatable bonds is 8. The minimum Gasteiger partial charge on any atom is -0.462 e. The number of hydrogen-bond acceptors (Lipinski definition) is 6. The van der Waals surface area contributed by atoms with Crippen molar-refractivity contribution in [2.24, 2.45) is 0 Å². The molecule has 1 aromatic heterocycles. The van der Waals surface area contributed by atoms with Gasteiger partial charge in [0.1, 0.15) is 12.4 Å². The summed E-state index contributed by atoms with van der Waals surface area (Å²) in [5, 5.41) is 2.32. The summed E-state index contributed by atoms with van der Waals surface area (Å²) >= 11 is 0. The maximum Gasteiger partial charge on any atom is 0.340 e. The first-order valence-electron chi connectivity index (χ1n) is 8.83. The Balaban J connectivity index is 1.93. The van der Waals surface area contributed by atoms with Gasteiger partial charge in [-0.15, -0.1) is 0 Å². The lowest BCUT2D eigenvalue weighted by molar-refractivity contribution is -0.141. The van der Waals surface area contributed by atoms with Gasteiger partial charge in [-0.3, -0.25) is 14.4 Å². The highest BCUT2D eigenvalue weighted by molar-refractivity contribution is 6.09. The van der Waals surface area contributed by atoms with Crippen molar-refractivity contribution in [3.05, 3.63) is 58.2 Å². The fraction of sp³-hybridized carbons (Fsp3) is 0.300. The van der Waals surface area contributed by atoms with Crippen LogP contribution in [-0.4, -0.2) is 48.4 Å². The molecule has 0 bridgehead atoms. The number of H-pyrrole nitrogens is 1. The number of esters is 2. The fourth-order valence-electron chi connectivity index (χ4n) is 2.71. The van der Waals surface area contributed by atoms with Crippen molar-refractivity contribution in [3.8, 4) is 0 Å². The number of aryl methyl sites for hydroxylation is 2. The van der Waals surface area contributed by atoms with Crippen LogP contribution >= 0.6 is 0 Å². The number of nitrogens with one attached hydrogen (secondary N) is 2. The van der Waals surface area contributed by atoms with Gasteiger partial charge < -0.3 is 19.8 Å². The molecule has 9 heteroatoms. The van der Waals surface area contributed by atoms with Crippen LogP contribution in [0.5, 0.6) is 0 Å². The van der Waals surface area contributed by atoms with E-state index in [2.05, 4.69) is 10.3 Å². The molecule has 0 spiro atoms. The van der Waals surface area contributed by atoms with Crippen LogP contribution in [0, 0.1) is 19.7 Å². The first kappa shape index (κ1) is 21.8. The standard InChI is InChI=1S/C20H21FN2O6/c1-4-28-20(27)18-12(3)23-11(2)17(18)15(24)10-29-16(25)9-22-19(26)13-5-7-14(21)8-6-13/h5-8,23H,4,9-10H2,1-3H3,(H,22,26). The Hall–Kier alpha value is -3.49. The van der Waals surface area contributed by atoms with E-state index < -0.39 is 42.6 Å². The van der Waals surface area contributed by atoms with Gasteiger partial charge in [0.2, 0.25) is 5.78 Å². The van der Waals surface area contributed by atoms with Crippen LogP contribution in [-0.2, 0) is 14.3 Å². The molecule has 2 rings (SSSR count). The van der Waals surface area contributed by atoms with Gasteiger partial charge in [-0.2, -0.15) is 0 Å². The second-order valence-electron chi connectivity index (χ2n) is 6.12. The maximum absolute atomic E-state index is 12.9. The molecule has 2 N–H and O–H groups in total. The lowest BCUT2D eigenvalue weighted by Crippen LogP contribution is -2.31. The Labute approximate surface area is 166 Å². The summed E-state index contributed by atoms with van der Waals surface area (Å²) in [6, 6.07) is 4.78. The minimum atomic E-state index is -0.837. The first-order chi connectivity index (χ1) is 13.7. The summed E-state index contributed by atoms with van der Waals surface area (Å²) in [5.41, 5.74) is 1.31. The Morgan fingerprint density at radius 2 is 1.62 bits per heavy atom. The predicted octanol–water partition coefficient (Wildman–Crippen LogP) is 2.10. The first-order valence-corrected chi connectivity index (χ1v) is 8.83. The Kier molecular flexibility index (Phi) is 7.24. The fourth-order valence-corrected chi connectivity index (χ4v) is 2.71. The van der Waals surface area contributed by atoms with Crippen LogP contribution in [0.4, 0.5) is 4.39 Å². The van der Waals surface area contributed by atoms with Crippen LogP contribution in [0.3, 0.4) is 0 Å². The lowest BCUT2D eigenvalue weighted by Gasteiger charge is -2.08. The molecule has 0 saturated heterocycles. The average molecular weight is 404 g/mol. The van der Waals surface area contributed by atoms with Crippen molar-refractivity contribution in [2.75, 3.05) is 19.8 Å². The van der Waals surface area contributed by atoms with E-state index in [4.69, 9.17) is 9.47 Å². The number of carbonyl (C=O) groups excluding carboxylic acids is 4. The van der Waals surface area contributed by atoms with Gasteiger partial charge in [0.25, 0.3) is 5.91 Å². The molecule has 0 aliphatic heterocycles. The van der Waals surface area contributed by atoms with Crippen LogP contribution in [0.1, 0.15) is 49.4 Å². The summed E-state index contributed by atoms with van der Waals surface area (Å²) in [6.07, 6.45) is 0. The largest absolute Gasteiger partial charge is 0.462 e. The van der Waals surface area contributed by atoms with E-state index in [0.29, 0.717) is 11.4 Å². The zero-order valence-corrected chi connectivity index (χ0v) is 16.3. The molecule has 1 heterocycles. The molecule has 29 heavy (non-hydrogen) atoms. The quantitative estimate of drug-likeness (QED) is 0.514. The number of aromatic nitrogens is 1. The third-order valence-corrected chi connectivity index (χ3v) is 4.00. The summed E-state index contributed by atoms with van der Waals surface area (Å²) < 4.78 is 22.7. The van der Waals surface area contributed by atoms with Crippen molar-refractivity contribution < 1.29 is 33.0 Å². The SMILES string of the molecule is CCOC(=O)c1c(C)[nH]c(C)c1C(=O)COC(=O)CNC(=O)c1ccc(F)cc1. The van der Waals surface area contributed by atoms with Crippen LogP contribution in [0.15, 0.2) is 24.3 Å². The summed E-state index contributed by atoms with van der Waals surface area (Å²) in [5.74, 6) is -3.13. The summed E-state index contributed by atoms with van der Waals surface area (Å²) in [4.78, 5) is 51.2. The molecule has 2 aromatic rings. The van der Waals surface area contributed by atoms with Gasteiger partial charge in [-0.25, -0.2) is 9.18 Å². The van der Waals surface area contributed by atoms with Crippen molar-refractivity contribution >= 4 is 23.6 Å². The van der Waals surface area contributed by atoms with Gasteiger partial charge in [0.05, 0.1) is 17.7 Å². The number of carbonyl (C=O) groups is 4. The molecule has 0 aliphatic rings. The van der Waals surface area contributed by atoms with E-state index in [1.165, 1.54) is 12.1 Å². The number of halogens is 1. The normalized spacial score (nSPS) is 10.3. The van der Waals surface area contributed by atoms with Gasteiger partial charge >= 0.3 is 11.9 Å². The Morgan fingerprint density at radius 3 is 2.24 bits per heavy atom. The topological polar surface area (TPSA) is 115 Å². The molecule has 1 aromatic carbocycles. The monoisotopic (exact) mass is 404 g/mol. The van der Waals surface area contributed by atoms with Crippen molar-refractivity contribution in [1.82, 2.24) is 10.3 Å². The molecular formula is C20H21FN2O6. The summed E-state index contributed by atoms with van der Waals surface area (Å²) in [7, 11) is 0. The second-order valence-corrected chi connectivity index (χ2v) is 6.12. The van der Waals surface area contributed by atoms with Gasteiger partial charge in [0, 0.05) is 17.0 Å². The molecule has 0 fully saturated rings. The molecule has 0 aliphatic carbocycles. The van der Waals surface area contributed by atoms with Gasteiger partial charge in [-0.1, -0.05) is 0 Å². The minimum absolute atomic E-state index is 0.101. The van der Waals surface area contributed by atoms with Crippen LogP contribution in [0.2, 0.25) is 0 Å². The molecule has 8 nitrogen and oxygen atoms in total. The van der Waals surface area contributed by atoms with Crippen LogP contribution < -0.4 is 5.32 Å². The number of aromatic amines is 1. The number of Topliss-reactive ketones (excluding diaryl/α,β-unsaturated/α-hetero) is 1. The molecule has 0 unspecified atom stereocenters. The zero-order chi connectivity index (χ0) is 21.6. The second kappa shape index (κ2) is 9.63.